The summed E-state index contributed by atoms with van der Waals surface area (Å²) >= 11 is 0. The minimum Gasteiger partial charge on any atom is -0.454 e. The highest BCUT2D eigenvalue weighted by Gasteiger charge is 2.36. The molecule has 0 bridgehead atoms. The molecule has 1 aromatic heterocycles. The van der Waals surface area contributed by atoms with Gasteiger partial charge in [0.15, 0.2) is 11.5 Å². The molecule has 0 saturated carbocycles. The molecule has 0 fully saturated rings. The number of nitrogens with zero attached hydrogens (tertiary/aromatic N) is 3. The molecular formula is C27H24N4O3. The maximum absolute atomic E-state index is 13.7. The lowest BCUT2D eigenvalue weighted by atomic mass is 10.0. The molecule has 34 heavy (non-hydrogen) atoms. The van der Waals surface area contributed by atoms with Gasteiger partial charge in [-0.2, -0.15) is 5.10 Å². The summed E-state index contributed by atoms with van der Waals surface area (Å²) in [4.78, 5) is 15.6. The van der Waals surface area contributed by atoms with Crippen molar-refractivity contribution < 1.29 is 14.3 Å². The van der Waals surface area contributed by atoms with Gasteiger partial charge in [-0.1, -0.05) is 36.4 Å². The molecular weight excluding hydrogens is 428 g/mol. The first-order valence-corrected chi connectivity index (χ1v) is 11.3. The van der Waals surface area contributed by atoms with Gasteiger partial charge in [0.05, 0.1) is 16.9 Å². The van der Waals surface area contributed by atoms with Crippen molar-refractivity contribution in [3.05, 3.63) is 101 Å². The van der Waals surface area contributed by atoms with Crippen molar-refractivity contribution in [1.82, 2.24) is 14.7 Å². The number of hydrogen-bond donors (Lipinski definition) is 1. The number of carbonyl (C=O) groups is 1. The van der Waals surface area contributed by atoms with Gasteiger partial charge in [-0.3, -0.25) is 4.79 Å². The summed E-state index contributed by atoms with van der Waals surface area (Å²) in [6.45, 7) is 4.67. The minimum absolute atomic E-state index is 0.0247. The highest BCUT2D eigenvalue weighted by molar-refractivity contribution is 6.01. The fourth-order valence-electron chi connectivity index (χ4n) is 4.79. The largest absolute Gasteiger partial charge is 0.454 e. The van der Waals surface area contributed by atoms with Gasteiger partial charge >= 0.3 is 0 Å². The van der Waals surface area contributed by atoms with Gasteiger partial charge < -0.3 is 19.7 Å². The zero-order chi connectivity index (χ0) is 23.2. The van der Waals surface area contributed by atoms with E-state index in [1.165, 1.54) is 0 Å². The highest BCUT2D eigenvalue weighted by Crippen LogP contribution is 2.38. The normalized spacial score (nSPS) is 16.4. The van der Waals surface area contributed by atoms with Crippen molar-refractivity contribution in [3.8, 4) is 17.2 Å². The number of nitrogens with one attached hydrogen (secondary N) is 1. The van der Waals surface area contributed by atoms with Crippen LogP contribution in [0, 0.1) is 13.8 Å². The van der Waals surface area contributed by atoms with E-state index < -0.39 is 0 Å². The molecule has 3 heterocycles. The first-order valence-electron chi connectivity index (χ1n) is 11.3. The van der Waals surface area contributed by atoms with Crippen LogP contribution in [0.1, 0.15) is 39.0 Å². The SMILES string of the molecule is Cc1nn(-c2ccccc2)c(C)c1C1Nc2ccccc2C(=O)N1Cc1ccc2c(c1)OCO2. The molecule has 0 radical (unpaired) electrons. The molecule has 4 aromatic rings. The van der Waals surface area contributed by atoms with Crippen LogP contribution in [0.15, 0.2) is 72.8 Å². The standard InChI is InChI=1S/C27H24N4O3/c1-17-25(18(2)31(29-17)20-8-4-3-5-9-20)26-28-22-11-7-6-10-21(22)27(32)30(26)15-19-12-13-23-24(14-19)34-16-33-23/h3-14,26,28H,15-16H2,1-2H3. The first-order chi connectivity index (χ1) is 16.6. The van der Waals surface area contributed by atoms with Crippen LogP contribution in [0.4, 0.5) is 5.69 Å². The number of carbonyl (C=O) groups excluding carboxylic acids is 1. The Morgan fingerprint density at radius 3 is 2.59 bits per heavy atom. The van der Waals surface area contributed by atoms with E-state index in [1.807, 2.05) is 96.2 Å². The number of aryl methyl sites for hydroxylation is 1. The van der Waals surface area contributed by atoms with E-state index in [4.69, 9.17) is 14.6 Å². The molecule has 6 rings (SSSR count). The van der Waals surface area contributed by atoms with Gasteiger partial charge in [-0.15, -0.1) is 0 Å². The third kappa shape index (κ3) is 3.28. The summed E-state index contributed by atoms with van der Waals surface area (Å²) < 4.78 is 13.0. The van der Waals surface area contributed by atoms with Crippen LogP contribution in [0.3, 0.4) is 0 Å². The Morgan fingerprint density at radius 2 is 1.74 bits per heavy atom. The van der Waals surface area contributed by atoms with Crippen LogP contribution in [0.25, 0.3) is 5.69 Å². The average Bonchev–Trinajstić information content (AvgIpc) is 3.44. The quantitative estimate of drug-likeness (QED) is 0.473. The fraction of sp³-hybridized carbons (Fsp3) is 0.185. The van der Waals surface area contributed by atoms with Gasteiger partial charge in [-0.25, -0.2) is 4.68 Å². The zero-order valence-corrected chi connectivity index (χ0v) is 19.0. The van der Waals surface area contributed by atoms with Crippen LogP contribution >= 0.6 is 0 Å². The number of benzene rings is 3. The zero-order valence-electron chi connectivity index (χ0n) is 19.0. The number of para-hydroxylation sites is 2. The summed E-state index contributed by atoms with van der Waals surface area (Å²) in [7, 11) is 0. The molecule has 170 valence electrons. The Balaban J connectivity index is 1.44. The van der Waals surface area contributed by atoms with Gasteiger partial charge in [0.2, 0.25) is 6.79 Å². The molecule has 7 heteroatoms. The Hall–Kier alpha value is -4.26. The smallest absolute Gasteiger partial charge is 0.258 e. The molecule has 2 aliphatic rings. The topological polar surface area (TPSA) is 68.6 Å². The lowest BCUT2D eigenvalue weighted by molar-refractivity contribution is 0.0665. The number of rotatable bonds is 4. The van der Waals surface area contributed by atoms with Crippen LogP contribution in [0.2, 0.25) is 0 Å². The minimum atomic E-state index is -0.370. The second kappa shape index (κ2) is 7.95. The summed E-state index contributed by atoms with van der Waals surface area (Å²) in [5.41, 5.74) is 6.29. The third-order valence-corrected chi connectivity index (χ3v) is 6.43. The van der Waals surface area contributed by atoms with Gasteiger partial charge in [0.1, 0.15) is 6.17 Å². The molecule has 1 atom stereocenters. The first kappa shape index (κ1) is 20.4. The number of anilines is 1. The Bertz CT molecular complexity index is 1400. The van der Waals surface area contributed by atoms with Crippen molar-refractivity contribution in [2.45, 2.75) is 26.6 Å². The molecule has 3 aromatic carbocycles. The molecule has 1 unspecified atom stereocenters. The monoisotopic (exact) mass is 452 g/mol. The molecule has 0 aliphatic carbocycles. The maximum atomic E-state index is 13.7. The highest BCUT2D eigenvalue weighted by atomic mass is 16.7. The van der Waals surface area contributed by atoms with Crippen LogP contribution in [-0.2, 0) is 6.54 Å². The van der Waals surface area contributed by atoms with E-state index in [0.717, 1.165) is 39.6 Å². The van der Waals surface area contributed by atoms with Gasteiger partial charge in [0, 0.05) is 23.5 Å². The second-order valence-electron chi connectivity index (χ2n) is 8.54. The van der Waals surface area contributed by atoms with Crippen LogP contribution in [0.5, 0.6) is 11.5 Å². The number of fused-ring (bicyclic) bond motifs is 2. The number of ether oxygens (including phenoxy) is 2. The van der Waals surface area contributed by atoms with E-state index >= 15 is 0 Å². The van der Waals surface area contributed by atoms with Crippen LogP contribution in [-0.4, -0.2) is 27.4 Å². The van der Waals surface area contributed by atoms with E-state index in [0.29, 0.717) is 17.9 Å². The Morgan fingerprint density at radius 1 is 0.971 bits per heavy atom. The predicted molar refractivity (Wildman–Crippen MR) is 128 cm³/mol. The van der Waals surface area contributed by atoms with E-state index in [1.54, 1.807) is 0 Å². The molecule has 1 N–H and O–H groups in total. The van der Waals surface area contributed by atoms with Gasteiger partial charge in [-0.05, 0) is 55.8 Å². The van der Waals surface area contributed by atoms with Crippen molar-refractivity contribution in [3.63, 3.8) is 0 Å². The Kier molecular flexibility index (Phi) is 4.76. The van der Waals surface area contributed by atoms with Crippen molar-refractivity contribution in [2.75, 3.05) is 12.1 Å². The summed E-state index contributed by atoms with van der Waals surface area (Å²) in [5, 5.41) is 8.44. The van der Waals surface area contributed by atoms with Gasteiger partial charge in [0.25, 0.3) is 5.91 Å². The van der Waals surface area contributed by atoms with Crippen molar-refractivity contribution in [1.29, 1.82) is 0 Å². The molecule has 7 nitrogen and oxygen atoms in total. The van der Waals surface area contributed by atoms with E-state index in [9.17, 15) is 4.79 Å². The molecule has 2 aliphatic heterocycles. The van der Waals surface area contributed by atoms with Crippen molar-refractivity contribution >= 4 is 11.6 Å². The van der Waals surface area contributed by atoms with E-state index in [2.05, 4.69) is 5.32 Å². The average molecular weight is 453 g/mol. The summed E-state index contributed by atoms with van der Waals surface area (Å²) in [6.07, 6.45) is -0.370. The number of hydrogen-bond acceptors (Lipinski definition) is 5. The van der Waals surface area contributed by atoms with Crippen molar-refractivity contribution in [2.24, 2.45) is 0 Å². The Labute approximate surface area is 197 Å². The third-order valence-electron chi connectivity index (χ3n) is 6.43. The lowest BCUT2D eigenvalue weighted by Crippen LogP contribution is -2.42. The maximum Gasteiger partial charge on any atom is 0.258 e. The lowest BCUT2D eigenvalue weighted by Gasteiger charge is -2.38. The fourth-order valence-corrected chi connectivity index (χ4v) is 4.79. The van der Waals surface area contributed by atoms with E-state index in [-0.39, 0.29) is 18.9 Å². The second-order valence-corrected chi connectivity index (χ2v) is 8.54. The molecule has 1 amide bonds. The number of aromatic nitrogens is 2. The number of amides is 1. The summed E-state index contributed by atoms with van der Waals surface area (Å²) in [5.74, 6) is 1.41. The molecule has 0 saturated heterocycles. The summed E-state index contributed by atoms with van der Waals surface area (Å²) in [6, 6.07) is 23.5. The molecule has 0 spiro atoms. The van der Waals surface area contributed by atoms with Crippen LogP contribution < -0.4 is 14.8 Å². The predicted octanol–water partition coefficient (Wildman–Crippen LogP) is 4.98.